The number of aromatic nitrogens is 1. The Morgan fingerprint density at radius 3 is 2.61 bits per heavy atom. The highest BCUT2D eigenvalue weighted by Crippen LogP contribution is 2.33. The molecular formula is C23H28F2N4O4. The van der Waals surface area contributed by atoms with E-state index in [0.717, 1.165) is 5.56 Å². The van der Waals surface area contributed by atoms with Crippen LogP contribution in [0.2, 0.25) is 0 Å². The van der Waals surface area contributed by atoms with Crippen LogP contribution in [0.5, 0.6) is 11.8 Å². The third kappa shape index (κ3) is 5.68. The third-order valence-corrected chi connectivity index (χ3v) is 5.52. The predicted octanol–water partition coefficient (Wildman–Crippen LogP) is 4.47. The SMILES string of the molecule is COc1ccc(NC(=O)N(c2ccccc2C(C)C)C2CCN(C)C(=O)C2)c(OC(F)F)n1. The normalized spacial score (nSPS) is 16.2. The number of hydrogen-bond acceptors (Lipinski definition) is 5. The van der Waals surface area contributed by atoms with E-state index in [9.17, 15) is 18.4 Å². The van der Waals surface area contributed by atoms with Crippen molar-refractivity contribution in [1.29, 1.82) is 0 Å². The van der Waals surface area contributed by atoms with Crippen LogP contribution in [0.15, 0.2) is 36.4 Å². The number of carbonyl (C=O) groups excluding carboxylic acids is 2. The van der Waals surface area contributed by atoms with Gasteiger partial charge in [0.15, 0.2) is 0 Å². The topological polar surface area (TPSA) is 84.0 Å². The summed E-state index contributed by atoms with van der Waals surface area (Å²) in [5.74, 6) is -0.362. The Morgan fingerprint density at radius 1 is 1.24 bits per heavy atom. The fourth-order valence-corrected chi connectivity index (χ4v) is 3.80. The molecule has 1 saturated heterocycles. The van der Waals surface area contributed by atoms with Crippen LogP contribution < -0.4 is 19.7 Å². The van der Waals surface area contributed by atoms with Crippen LogP contribution in [0.25, 0.3) is 0 Å². The number of hydrogen-bond donors (Lipinski definition) is 1. The van der Waals surface area contributed by atoms with Crippen LogP contribution in [0.1, 0.15) is 38.2 Å². The summed E-state index contributed by atoms with van der Waals surface area (Å²) in [5.41, 5.74) is 1.55. The standard InChI is InChI=1S/C23H28F2N4O4/c1-14(2)16-7-5-6-8-18(16)29(15-11-12-28(3)20(30)13-15)23(31)26-17-9-10-19(32-4)27-21(17)33-22(24)25/h5-10,14-15,22H,11-13H2,1-4H3,(H,26,31). The van der Waals surface area contributed by atoms with Crippen LogP contribution in [-0.4, -0.2) is 55.2 Å². The highest BCUT2D eigenvalue weighted by molar-refractivity contribution is 6.04. The molecule has 1 N–H and O–H groups in total. The smallest absolute Gasteiger partial charge is 0.388 e. The fraction of sp³-hybridized carbons (Fsp3) is 0.435. The van der Waals surface area contributed by atoms with E-state index in [1.807, 2.05) is 38.1 Å². The quantitative estimate of drug-likeness (QED) is 0.656. The lowest BCUT2D eigenvalue weighted by Gasteiger charge is -2.38. The molecule has 1 unspecified atom stereocenters. The molecule has 8 nitrogen and oxygen atoms in total. The van der Waals surface area contributed by atoms with Gasteiger partial charge in [-0.15, -0.1) is 0 Å². The summed E-state index contributed by atoms with van der Waals surface area (Å²) >= 11 is 0. The van der Waals surface area contributed by atoms with Crippen molar-refractivity contribution in [1.82, 2.24) is 9.88 Å². The second kappa shape index (κ2) is 10.5. The Bertz CT molecular complexity index is 1000. The molecule has 1 aliphatic rings. The van der Waals surface area contributed by atoms with Crippen molar-refractivity contribution >= 4 is 23.3 Å². The summed E-state index contributed by atoms with van der Waals surface area (Å²) in [6.07, 6.45) is 0.723. The maximum absolute atomic E-state index is 13.6. The number of pyridine rings is 1. The third-order valence-electron chi connectivity index (χ3n) is 5.52. The van der Waals surface area contributed by atoms with Crippen molar-refractivity contribution in [3.8, 4) is 11.8 Å². The zero-order valence-corrected chi connectivity index (χ0v) is 19.0. The van der Waals surface area contributed by atoms with E-state index in [-0.39, 0.29) is 29.8 Å². The Hall–Kier alpha value is -3.43. The molecule has 0 spiro atoms. The molecule has 1 aromatic heterocycles. The maximum Gasteiger partial charge on any atom is 0.388 e. The number of alkyl halides is 2. The molecule has 33 heavy (non-hydrogen) atoms. The summed E-state index contributed by atoms with van der Waals surface area (Å²) < 4.78 is 35.3. The highest BCUT2D eigenvalue weighted by atomic mass is 19.3. The predicted molar refractivity (Wildman–Crippen MR) is 120 cm³/mol. The minimum atomic E-state index is -3.13. The molecule has 10 heteroatoms. The molecule has 0 aliphatic carbocycles. The average Bonchev–Trinajstić information content (AvgIpc) is 2.77. The molecule has 3 rings (SSSR count). The molecule has 1 aromatic carbocycles. The Kier molecular flexibility index (Phi) is 7.67. The van der Waals surface area contributed by atoms with Gasteiger partial charge in [0.1, 0.15) is 5.69 Å². The van der Waals surface area contributed by atoms with Gasteiger partial charge in [-0.1, -0.05) is 32.0 Å². The molecule has 1 atom stereocenters. The van der Waals surface area contributed by atoms with Crippen LogP contribution in [0.4, 0.5) is 25.0 Å². The molecule has 0 saturated carbocycles. The highest BCUT2D eigenvalue weighted by Gasteiger charge is 2.34. The zero-order chi connectivity index (χ0) is 24.1. The number of methoxy groups -OCH3 is 1. The average molecular weight is 462 g/mol. The molecule has 1 fully saturated rings. The summed E-state index contributed by atoms with van der Waals surface area (Å²) in [5, 5.41) is 2.64. The summed E-state index contributed by atoms with van der Waals surface area (Å²) in [7, 11) is 3.07. The summed E-state index contributed by atoms with van der Waals surface area (Å²) in [6.45, 7) is 1.39. The number of nitrogens with zero attached hydrogens (tertiary/aromatic N) is 3. The Balaban J connectivity index is 2.00. The lowest BCUT2D eigenvalue weighted by Crippen LogP contribution is -2.50. The molecule has 3 amide bonds. The van der Waals surface area contributed by atoms with Crippen LogP contribution in [0.3, 0.4) is 0 Å². The van der Waals surface area contributed by atoms with Gasteiger partial charge in [-0.05, 0) is 30.0 Å². The zero-order valence-electron chi connectivity index (χ0n) is 19.0. The van der Waals surface area contributed by atoms with Crippen molar-refractivity contribution in [2.45, 2.75) is 45.3 Å². The second-order valence-corrected chi connectivity index (χ2v) is 8.06. The number of benzene rings is 1. The first-order chi connectivity index (χ1) is 15.7. The molecule has 2 aromatic rings. The number of para-hydroxylation sites is 1. The number of carbonyl (C=O) groups is 2. The van der Waals surface area contributed by atoms with Gasteiger partial charge in [0.05, 0.1) is 7.11 Å². The van der Waals surface area contributed by atoms with Gasteiger partial charge in [-0.2, -0.15) is 13.8 Å². The number of rotatable bonds is 7. The maximum atomic E-state index is 13.6. The molecule has 178 valence electrons. The van der Waals surface area contributed by atoms with Crippen molar-refractivity contribution in [2.75, 3.05) is 30.9 Å². The van der Waals surface area contributed by atoms with E-state index in [4.69, 9.17) is 4.74 Å². The Labute approximate surface area is 191 Å². The van der Waals surface area contributed by atoms with Crippen LogP contribution >= 0.6 is 0 Å². The van der Waals surface area contributed by atoms with E-state index in [1.54, 1.807) is 11.9 Å². The summed E-state index contributed by atoms with van der Waals surface area (Å²) in [4.78, 5) is 33.0. The van der Waals surface area contributed by atoms with Crippen molar-refractivity contribution in [3.63, 3.8) is 0 Å². The number of likely N-dealkylation sites (tertiary alicyclic amines) is 1. The first-order valence-electron chi connectivity index (χ1n) is 10.6. The van der Waals surface area contributed by atoms with Gasteiger partial charge in [-0.3, -0.25) is 9.69 Å². The molecule has 1 aliphatic heterocycles. The van der Waals surface area contributed by atoms with E-state index >= 15 is 0 Å². The van der Waals surface area contributed by atoms with Gasteiger partial charge >= 0.3 is 12.6 Å². The largest absolute Gasteiger partial charge is 0.481 e. The first-order valence-corrected chi connectivity index (χ1v) is 10.6. The first kappa shape index (κ1) is 24.2. The number of ether oxygens (including phenoxy) is 2. The van der Waals surface area contributed by atoms with E-state index in [0.29, 0.717) is 18.7 Å². The number of halogens is 2. The second-order valence-electron chi connectivity index (χ2n) is 8.06. The van der Waals surface area contributed by atoms with E-state index in [1.165, 1.54) is 24.1 Å². The number of nitrogens with one attached hydrogen (secondary N) is 1. The number of urea groups is 1. The van der Waals surface area contributed by atoms with Crippen LogP contribution in [0, 0.1) is 0 Å². The molecule has 0 bridgehead atoms. The monoisotopic (exact) mass is 462 g/mol. The lowest BCUT2D eigenvalue weighted by atomic mass is 9.97. The molecule has 2 heterocycles. The van der Waals surface area contributed by atoms with Crippen molar-refractivity contribution in [2.24, 2.45) is 0 Å². The Morgan fingerprint density at radius 2 is 1.97 bits per heavy atom. The minimum Gasteiger partial charge on any atom is -0.481 e. The van der Waals surface area contributed by atoms with Gasteiger partial charge < -0.3 is 19.7 Å². The van der Waals surface area contributed by atoms with E-state index < -0.39 is 24.6 Å². The molecule has 0 radical (unpaired) electrons. The molecular weight excluding hydrogens is 434 g/mol. The van der Waals surface area contributed by atoms with Crippen molar-refractivity contribution in [3.05, 3.63) is 42.0 Å². The van der Waals surface area contributed by atoms with Gasteiger partial charge in [0, 0.05) is 37.8 Å². The lowest BCUT2D eigenvalue weighted by molar-refractivity contribution is -0.132. The van der Waals surface area contributed by atoms with Crippen molar-refractivity contribution < 1.29 is 27.8 Å². The van der Waals surface area contributed by atoms with Gasteiger partial charge in [-0.25, -0.2) is 4.79 Å². The number of anilines is 2. The number of piperidine rings is 1. The minimum absolute atomic E-state index is 0.0348. The fourth-order valence-electron chi connectivity index (χ4n) is 3.80. The number of amides is 3. The van der Waals surface area contributed by atoms with Gasteiger partial charge in [0.25, 0.3) is 0 Å². The van der Waals surface area contributed by atoms with Gasteiger partial charge in [0.2, 0.25) is 17.7 Å². The van der Waals surface area contributed by atoms with E-state index in [2.05, 4.69) is 15.0 Å². The van der Waals surface area contributed by atoms with Crippen LogP contribution in [-0.2, 0) is 4.79 Å². The summed E-state index contributed by atoms with van der Waals surface area (Å²) in [6, 6.07) is 9.29.